The first kappa shape index (κ1) is 17.1. The summed E-state index contributed by atoms with van der Waals surface area (Å²) in [6, 6.07) is 15.5. The Labute approximate surface area is 150 Å². The zero-order valence-electron chi connectivity index (χ0n) is 14.0. The number of carbonyl (C=O) groups excluding carboxylic acids is 1. The van der Waals surface area contributed by atoms with Crippen molar-refractivity contribution in [3.8, 4) is 0 Å². The zero-order valence-corrected chi connectivity index (χ0v) is 14.8. The average molecular weight is 352 g/mol. The third kappa shape index (κ3) is 4.03. The summed E-state index contributed by atoms with van der Waals surface area (Å²) in [5.74, 6) is -0.0743. The first-order valence-electron chi connectivity index (χ1n) is 7.99. The fourth-order valence-electron chi connectivity index (χ4n) is 2.69. The van der Waals surface area contributed by atoms with E-state index in [9.17, 15) is 4.79 Å². The molecule has 2 aromatic carbocycles. The van der Waals surface area contributed by atoms with Crippen molar-refractivity contribution in [3.63, 3.8) is 0 Å². The molecule has 0 fully saturated rings. The number of benzene rings is 2. The lowest BCUT2D eigenvalue weighted by Crippen LogP contribution is -2.27. The molecule has 0 saturated carbocycles. The molecule has 0 saturated heterocycles. The standard InChI is InChI=1S/C19H20N4OS/c1-13-6-8-14(9-7-13)18(24)22-10-11-23-12-17(25-19(20)21)15-4-2-3-5-16(15)23/h2-9,12H,10-11H2,1H3,(H3,20,21)(H,22,24). The Hall–Kier alpha value is -2.73. The number of thioether (sulfide) groups is 1. The predicted octanol–water partition coefficient (Wildman–Crippen LogP) is 3.37. The van der Waals surface area contributed by atoms with E-state index in [1.807, 2.05) is 61.7 Å². The predicted molar refractivity (Wildman–Crippen MR) is 103 cm³/mol. The number of nitrogens with zero attached hydrogens (tertiary/aromatic N) is 1. The molecule has 6 heteroatoms. The molecule has 3 rings (SSSR count). The van der Waals surface area contributed by atoms with Crippen LogP contribution in [0.4, 0.5) is 0 Å². The normalized spacial score (nSPS) is 10.8. The summed E-state index contributed by atoms with van der Waals surface area (Å²) in [5.41, 5.74) is 8.38. The molecule has 0 unspecified atom stereocenters. The lowest BCUT2D eigenvalue weighted by Gasteiger charge is -2.08. The molecule has 1 aromatic heterocycles. The zero-order chi connectivity index (χ0) is 17.8. The molecule has 25 heavy (non-hydrogen) atoms. The Morgan fingerprint density at radius 1 is 1.20 bits per heavy atom. The molecule has 1 amide bonds. The first-order chi connectivity index (χ1) is 12.0. The lowest BCUT2D eigenvalue weighted by atomic mass is 10.1. The number of amidine groups is 1. The Balaban J connectivity index is 1.70. The molecule has 3 aromatic rings. The van der Waals surface area contributed by atoms with Gasteiger partial charge in [0.1, 0.15) is 0 Å². The molecule has 4 N–H and O–H groups in total. The molecule has 0 aliphatic carbocycles. The van der Waals surface area contributed by atoms with Crippen molar-refractivity contribution in [1.29, 1.82) is 5.41 Å². The quantitative estimate of drug-likeness (QED) is 0.374. The van der Waals surface area contributed by atoms with Crippen molar-refractivity contribution in [2.45, 2.75) is 18.4 Å². The van der Waals surface area contributed by atoms with Crippen LogP contribution in [0, 0.1) is 12.3 Å². The molecule has 0 aliphatic heterocycles. The van der Waals surface area contributed by atoms with Gasteiger partial charge in [0.25, 0.3) is 5.91 Å². The van der Waals surface area contributed by atoms with Crippen molar-refractivity contribution in [2.75, 3.05) is 6.54 Å². The van der Waals surface area contributed by atoms with Crippen molar-refractivity contribution in [3.05, 3.63) is 65.9 Å². The molecule has 1 heterocycles. The maximum atomic E-state index is 12.2. The van der Waals surface area contributed by atoms with Crippen LogP contribution in [0.25, 0.3) is 10.9 Å². The van der Waals surface area contributed by atoms with Crippen LogP contribution in [0.5, 0.6) is 0 Å². The minimum Gasteiger partial charge on any atom is -0.378 e. The number of aromatic nitrogens is 1. The van der Waals surface area contributed by atoms with E-state index in [1.165, 1.54) is 11.8 Å². The average Bonchev–Trinajstić information content (AvgIpc) is 2.93. The highest BCUT2D eigenvalue weighted by Gasteiger charge is 2.10. The van der Waals surface area contributed by atoms with Crippen LogP contribution < -0.4 is 11.1 Å². The Morgan fingerprint density at radius 2 is 1.92 bits per heavy atom. The molecule has 0 aliphatic rings. The van der Waals surface area contributed by atoms with Gasteiger partial charge in [-0.2, -0.15) is 0 Å². The van der Waals surface area contributed by atoms with E-state index in [2.05, 4.69) is 9.88 Å². The Bertz CT molecular complexity index is 915. The van der Waals surface area contributed by atoms with Gasteiger partial charge >= 0.3 is 0 Å². The van der Waals surface area contributed by atoms with E-state index in [0.29, 0.717) is 18.7 Å². The molecule has 0 radical (unpaired) electrons. The second-order valence-electron chi connectivity index (χ2n) is 5.79. The first-order valence-corrected chi connectivity index (χ1v) is 8.81. The Morgan fingerprint density at radius 3 is 2.64 bits per heavy atom. The van der Waals surface area contributed by atoms with Crippen LogP contribution in [0.15, 0.2) is 59.6 Å². The van der Waals surface area contributed by atoms with Crippen LogP contribution in [0.1, 0.15) is 15.9 Å². The third-order valence-electron chi connectivity index (χ3n) is 3.92. The van der Waals surface area contributed by atoms with Crippen LogP contribution in [0.3, 0.4) is 0 Å². The van der Waals surface area contributed by atoms with E-state index in [0.717, 1.165) is 21.4 Å². The van der Waals surface area contributed by atoms with Crippen LogP contribution in [0.2, 0.25) is 0 Å². The fraction of sp³-hybridized carbons (Fsp3) is 0.158. The number of hydrogen-bond donors (Lipinski definition) is 3. The summed E-state index contributed by atoms with van der Waals surface area (Å²) in [7, 11) is 0. The molecule has 128 valence electrons. The summed E-state index contributed by atoms with van der Waals surface area (Å²) >= 11 is 1.24. The highest BCUT2D eigenvalue weighted by atomic mass is 32.2. The van der Waals surface area contributed by atoms with Crippen LogP contribution in [-0.4, -0.2) is 22.2 Å². The van der Waals surface area contributed by atoms with Gasteiger partial charge in [-0.3, -0.25) is 10.2 Å². The highest BCUT2D eigenvalue weighted by molar-refractivity contribution is 8.13. The molecule has 0 atom stereocenters. The Kier molecular flexibility index (Phi) is 5.09. The van der Waals surface area contributed by atoms with E-state index in [1.54, 1.807) is 0 Å². The molecule has 0 spiro atoms. The van der Waals surface area contributed by atoms with Crippen LogP contribution >= 0.6 is 11.8 Å². The van der Waals surface area contributed by atoms with Crippen molar-refractivity contribution in [2.24, 2.45) is 5.73 Å². The maximum Gasteiger partial charge on any atom is 0.251 e. The van der Waals surface area contributed by atoms with Gasteiger partial charge in [0.2, 0.25) is 0 Å². The minimum atomic E-state index is -0.0743. The molecule has 0 bridgehead atoms. The summed E-state index contributed by atoms with van der Waals surface area (Å²) in [5, 5.41) is 11.6. The van der Waals surface area contributed by atoms with Crippen LogP contribution in [-0.2, 0) is 6.54 Å². The number of rotatable bonds is 5. The molecule has 5 nitrogen and oxygen atoms in total. The number of nitrogens with one attached hydrogen (secondary N) is 2. The summed E-state index contributed by atoms with van der Waals surface area (Å²) in [6.07, 6.45) is 1.98. The van der Waals surface area contributed by atoms with Gasteiger partial charge in [0.05, 0.1) is 0 Å². The van der Waals surface area contributed by atoms with Gasteiger partial charge in [-0.05, 0) is 25.1 Å². The number of carbonyl (C=O) groups is 1. The number of nitrogens with two attached hydrogens (primary N) is 1. The molecular weight excluding hydrogens is 332 g/mol. The minimum absolute atomic E-state index is 0.0653. The van der Waals surface area contributed by atoms with E-state index < -0.39 is 0 Å². The van der Waals surface area contributed by atoms with Gasteiger partial charge in [0.15, 0.2) is 5.17 Å². The number of aryl methyl sites for hydroxylation is 1. The largest absolute Gasteiger partial charge is 0.378 e. The topological polar surface area (TPSA) is 83.9 Å². The van der Waals surface area contributed by atoms with E-state index in [-0.39, 0.29) is 11.1 Å². The highest BCUT2D eigenvalue weighted by Crippen LogP contribution is 2.29. The SMILES string of the molecule is Cc1ccc(C(=O)NCCn2cc(SC(=N)N)c3ccccc32)cc1. The van der Waals surface area contributed by atoms with E-state index in [4.69, 9.17) is 11.1 Å². The van der Waals surface area contributed by atoms with E-state index >= 15 is 0 Å². The van der Waals surface area contributed by atoms with Crippen molar-refractivity contribution in [1.82, 2.24) is 9.88 Å². The number of para-hydroxylation sites is 1. The molecular formula is C19H20N4OS. The maximum absolute atomic E-state index is 12.2. The lowest BCUT2D eigenvalue weighted by molar-refractivity contribution is 0.0952. The number of amides is 1. The summed E-state index contributed by atoms with van der Waals surface area (Å²) < 4.78 is 2.08. The number of fused-ring (bicyclic) bond motifs is 1. The summed E-state index contributed by atoms with van der Waals surface area (Å²) in [6.45, 7) is 3.17. The smallest absolute Gasteiger partial charge is 0.251 e. The number of hydrogen-bond acceptors (Lipinski definition) is 3. The van der Waals surface area contributed by atoms with Gasteiger partial charge in [-0.15, -0.1) is 0 Å². The monoisotopic (exact) mass is 352 g/mol. The fourth-order valence-corrected chi connectivity index (χ4v) is 3.39. The van der Waals surface area contributed by atoms with Gasteiger partial charge in [0, 0.05) is 40.6 Å². The summed E-state index contributed by atoms with van der Waals surface area (Å²) in [4.78, 5) is 13.1. The van der Waals surface area contributed by atoms with Gasteiger partial charge in [-0.1, -0.05) is 47.7 Å². The second-order valence-corrected chi connectivity index (χ2v) is 6.88. The van der Waals surface area contributed by atoms with Gasteiger partial charge in [-0.25, -0.2) is 0 Å². The van der Waals surface area contributed by atoms with Crippen molar-refractivity contribution < 1.29 is 4.79 Å². The van der Waals surface area contributed by atoms with Crippen molar-refractivity contribution >= 4 is 33.7 Å². The van der Waals surface area contributed by atoms with Gasteiger partial charge < -0.3 is 15.6 Å². The second kappa shape index (κ2) is 7.44. The third-order valence-corrected chi connectivity index (χ3v) is 4.69.